The van der Waals surface area contributed by atoms with Gasteiger partial charge in [-0.25, -0.2) is 13.4 Å². The van der Waals surface area contributed by atoms with E-state index in [9.17, 15) is 13.2 Å². The maximum atomic E-state index is 12.6. The molecule has 0 atom stereocenters. The fourth-order valence-electron chi connectivity index (χ4n) is 2.31. The number of carbonyl (C=O) groups is 1. The van der Waals surface area contributed by atoms with Gasteiger partial charge in [-0.1, -0.05) is 12.1 Å². The molecule has 1 heterocycles. The van der Waals surface area contributed by atoms with Crippen molar-refractivity contribution in [1.82, 2.24) is 4.98 Å². The van der Waals surface area contributed by atoms with Crippen LogP contribution in [0.25, 0.3) is 0 Å². The van der Waals surface area contributed by atoms with Crippen LogP contribution in [0.1, 0.15) is 10.4 Å². The third kappa shape index (κ3) is 4.17. The van der Waals surface area contributed by atoms with E-state index in [2.05, 4.69) is 26.2 Å². The lowest BCUT2D eigenvalue weighted by molar-refractivity contribution is 0.102. The zero-order chi connectivity index (χ0) is 19.4. The molecule has 0 saturated carbocycles. The molecule has 0 aliphatic heterocycles. The van der Waals surface area contributed by atoms with E-state index in [0.717, 1.165) is 4.47 Å². The number of aromatic nitrogens is 1. The van der Waals surface area contributed by atoms with Crippen LogP contribution in [-0.4, -0.2) is 26.4 Å². The Morgan fingerprint density at radius 2 is 1.74 bits per heavy atom. The smallest absolute Gasteiger partial charge is 0.257 e. The zero-order valence-electron chi connectivity index (χ0n) is 14.2. The highest BCUT2D eigenvalue weighted by atomic mass is 79.9. The standard InChI is InChI=1S/C19H15BrN2O4S/c1-26-14-7-9-15(10-8-14)27(24,25)18-11-6-13(12-21-18)19(23)22-17-5-3-2-4-16(17)20/h2-12H,1H3,(H,22,23). The minimum absolute atomic E-state index is 0.0983. The van der Waals surface area contributed by atoms with E-state index in [0.29, 0.717) is 11.4 Å². The van der Waals surface area contributed by atoms with Gasteiger partial charge in [-0.05, 0) is 64.5 Å². The van der Waals surface area contributed by atoms with Crippen molar-refractivity contribution in [3.05, 3.63) is 76.9 Å². The van der Waals surface area contributed by atoms with Crippen LogP contribution in [0.2, 0.25) is 0 Å². The van der Waals surface area contributed by atoms with Crippen LogP contribution in [0, 0.1) is 0 Å². The fraction of sp³-hybridized carbons (Fsp3) is 0.0526. The Morgan fingerprint density at radius 3 is 2.33 bits per heavy atom. The van der Waals surface area contributed by atoms with Gasteiger partial charge < -0.3 is 10.1 Å². The van der Waals surface area contributed by atoms with Crippen molar-refractivity contribution in [1.29, 1.82) is 0 Å². The highest BCUT2D eigenvalue weighted by Crippen LogP contribution is 2.23. The van der Waals surface area contributed by atoms with Gasteiger partial charge in [0.1, 0.15) is 5.75 Å². The lowest BCUT2D eigenvalue weighted by Gasteiger charge is -2.08. The molecule has 0 saturated heterocycles. The number of rotatable bonds is 5. The van der Waals surface area contributed by atoms with E-state index in [1.54, 1.807) is 30.3 Å². The molecule has 138 valence electrons. The highest BCUT2D eigenvalue weighted by Gasteiger charge is 2.20. The summed E-state index contributed by atoms with van der Waals surface area (Å²) in [6.45, 7) is 0. The van der Waals surface area contributed by atoms with Gasteiger partial charge in [0.15, 0.2) is 5.03 Å². The van der Waals surface area contributed by atoms with Crippen molar-refractivity contribution in [2.45, 2.75) is 9.92 Å². The number of para-hydroxylation sites is 1. The Hall–Kier alpha value is -2.71. The number of halogens is 1. The van der Waals surface area contributed by atoms with Gasteiger partial charge in [-0.15, -0.1) is 0 Å². The van der Waals surface area contributed by atoms with Crippen LogP contribution in [0.15, 0.2) is 81.3 Å². The van der Waals surface area contributed by atoms with Crippen LogP contribution in [-0.2, 0) is 9.84 Å². The van der Waals surface area contributed by atoms with Gasteiger partial charge in [-0.2, -0.15) is 0 Å². The summed E-state index contributed by atoms with van der Waals surface area (Å²) in [7, 11) is -2.28. The summed E-state index contributed by atoms with van der Waals surface area (Å²) < 4.78 is 31.0. The van der Waals surface area contributed by atoms with Gasteiger partial charge in [0.2, 0.25) is 9.84 Å². The number of carbonyl (C=O) groups excluding carboxylic acids is 1. The van der Waals surface area contributed by atoms with Crippen molar-refractivity contribution >= 4 is 37.4 Å². The summed E-state index contributed by atoms with van der Waals surface area (Å²) in [4.78, 5) is 16.4. The average Bonchev–Trinajstić information content (AvgIpc) is 2.70. The Labute approximate surface area is 165 Å². The molecule has 0 bridgehead atoms. The molecular weight excluding hydrogens is 432 g/mol. The van der Waals surface area contributed by atoms with Crippen molar-refractivity contribution in [2.24, 2.45) is 0 Å². The molecule has 0 radical (unpaired) electrons. The van der Waals surface area contributed by atoms with E-state index in [-0.39, 0.29) is 21.4 Å². The van der Waals surface area contributed by atoms with Crippen molar-refractivity contribution in [3.8, 4) is 5.75 Å². The summed E-state index contributed by atoms with van der Waals surface area (Å²) in [6.07, 6.45) is 1.24. The average molecular weight is 447 g/mol. The number of hydrogen-bond acceptors (Lipinski definition) is 5. The van der Waals surface area contributed by atoms with Gasteiger partial charge in [0.25, 0.3) is 5.91 Å². The van der Waals surface area contributed by atoms with Gasteiger partial charge in [0, 0.05) is 10.7 Å². The summed E-state index contributed by atoms with van der Waals surface area (Å²) in [6, 6.07) is 15.9. The van der Waals surface area contributed by atoms with E-state index >= 15 is 0 Å². The summed E-state index contributed by atoms with van der Waals surface area (Å²) in [5, 5.41) is 2.61. The lowest BCUT2D eigenvalue weighted by Crippen LogP contribution is -2.13. The molecule has 3 rings (SSSR count). The maximum Gasteiger partial charge on any atom is 0.257 e. The largest absolute Gasteiger partial charge is 0.497 e. The van der Waals surface area contributed by atoms with E-state index < -0.39 is 9.84 Å². The Kier molecular flexibility index (Phi) is 5.57. The summed E-state index contributed by atoms with van der Waals surface area (Å²) in [5.74, 6) is 0.170. The second-order valence-electron chi connectivity index (χ2n) is 5.50. The number of nitrogens with one attached hydrogen (secondary N) is 1. The van der Waals surface area contributed by atoms with Crippen LogP contribution in [0.3, 0.4) is 0 Å². The molecule has 27 heavy (non-hydrogen) atoms. The summed E-state index contributed by atoms with van der Waals surface area (Å²) in [5.41, 5.74) is 0.858. The van der Waals surface area contributed by atoms with E-state index in [1.807, 2.05) is 6.07 Å². The number of ether oxygens (including phenoxy) is 1. The SMILES string of the molecule is COc1ccc(S(=O)(=O)c2ccc(C(=O)Nc3ccccc3Br)cn2)cc1. The number of pyridine rings is 1. The molecule has 0 aliphatic rings. The molecular formula is C19H15BrN2O4S. The first kappa shape index (κ1) is 19.1. The summed E-state index contributed by atoms with van der Waals surface area (Å²) >= 11 is 3.35. The van der Waals surface area contributed by atoms with Crippen molar-refractivity contribution in [3.63, 3.8) is 0 Å². The van der Waals surface area contributed by atoms with Gasteiger partial charge in [-0.3, -0.25) is 4.79 Å². The molecule has 6 nitrogen and oxygen atoms in total. The van der Waals surface area contributed by atoms with Gasteiger partial charge in [0.05, 0.1) is 23.3 Å². The molecule has 8 heteroatoms. The number of sulfone groups is 1. The third-order valence-corrected chi connectivity index (χ3v) is 6.14. The molecule has 0 spiro atoms. The Bertz CT molecular complexity index is 1070. The van der Waals surface area contributed by atoms with Crippen LogP contribution >= 0.6 is 15.9 Å². The van der Waals surface area contributed by atoms with Crippen LogP contribution < -0.4 is 10.1 Å². The topological polar surface area (TPSA) is 85.4 Å². The molecule has 0 fully saturated rings. The molecule has 0 aliphatic carbocycles. The minimum atomic E-state index is -3.78. The maximum absolute atomic E-state index is 12.6. The monoisotopic (exact) mass is 446 g/mol. The fourth-order valence-corrected chi connectivity index (χ4v) is 3.86. The number of nitrogens with zero attached hydrogens (tertiary/aromatic N) is 1. The van der Waals surface area contributed by atoms with Crippen LogP contribution in [0.5, 0.6) is 5.75 Å². The first-order chi connectivity index (χ1) is 12.9. The molecule has 1 amide bonds. The third-order valence-electron chi connectivity index (χ3n) is 3.77. The minimum Gasteiger partial charge on any atom is -0.497 e. The first-order valence-electron chi connectivity index (χ1n) is 7.83. The predicted octanol–water partition coefficient (Wildman–Crippen LogP) is 3.94. The normalized spacial score (nSPS) is 11.0. The van der Waals surface area contributed by atoms with Crippen LogP contribution in [0.4, 0.5) is 5.69 Å². The second-order valence-corrected chi connectivity index (χ2v) is 8.25. The first-order valence-corrected chi connectivity index (χ1v) is 10.1. The Morgan fingerprint density at radius 1 is 1.04 bits per heavy atom. The number of hydrogen-bond donors (Lipinski definition) is 1. The van der Waals surface area contributed by atoms with E-state index in [4.69, 9.17) is 4.74 Å². The lowest BCUT2D eigenvalue weighted by atomic mass is 10.2. The number of methoxy groups -OCH3 is 1. The molecule has 1 aromatic heterocycles. The number of anilines is 1. The molecule has 3 aromatic rings. The second kappa shape index (κ2) is 7.89. The molecule has 0 unspecified atom stereocenters. The molecule has 2 aromatic carbocycles. The number of benzene rings is 2. The number of amides is 1. The highest BCUT2D eigenvalue weighted by molar-refractivity contribution is 9.10. The van der Waals surface area contributed by atoms with E-state index in [1.165, 1.54) is 37.6 Å². The van der Waals surface area contributed by atoms with Gasteiger partial charge >= 0.3 is 0 Å². The predicted molar refractivity (Wildman–Crippen MR) is 105 cm³/mol. The Balaban J connectivity index is 1.81. The quantitative estimate of drug-likeness (QED) is 0.641. The molecule has 1 N–H and O–H groups in total. The zero-order valence-corrected chi connectivity index (χ0v) is 16.6. The van der Waals surface area contributed by atoms with Crippen molar-refractivity contribution < 1.29 is 17.9 Å². The van der Waals surface area contributed by atoms with Crippen molar-refractivity contribution in [2.75, 3.05) is 12.4 Å².